The number of hydrogen-bond acceptors (Lipinski definition) is 6. The lowest BCUT2D eigenvalue weighted by molar-refractivity contribution is -0.516. The van der Waals surface area contributed by atoms with Crippen LogP contribution in [0.15, 0.2) is 35.5 Å². The fourth-order valence-corrected chi connectivity index (χ4v) is 2.95. The molecule has 0 aliphatic heterocycles. The van der Waals surface area contributed by atoms with E-state index in [0.717, 1.165) is 16.9 Å². The Morgan fingerprint density at radius 2 is 2.38 bits per heavy atom. The number of nitro groups is 1. The summed E-state index contributed by atoms with van der Waals surface area (Å²) >= 11 is 1.14. The Hall–Kier alpha value is -2.48. The van der Waals surface area contributed by atoms with Crippen molar-refractivity contribution >= 4 is 22.4 Å². The predicted molar refractivity (Wildman–Crippen MR) is 78.6 cm³/mol. The molecule has 0 fully saturated rings. The molecule has 21 heavy (non-hydrogen) atoms. The number of rotatable bonds is 4. The number of amides is 1. The third kappa shape index (κ3) is 2.23. The summed E-state index contributed by atoms with van der Waals surface area (Å²) in [7, 11) is 0. The largest absolute Gasteiger partial charge is 0.375 e. The lowest BCUT2D eigenvalue weighted by Gasteiger charge is -2.11. The molecule has 1 aromatic rings. The lowest BCUT2D eigenvalue weighted by Crippen LogP contribution is -2.28. The maximum Gasteiger partial charge on any atom is 0.284 e. The predicted octanol–water partition coefficient (Wildman–Crippen LogP) is 1.22. The highest BCUT2D eigenvalue weighted by Crippen LogP contribution is 2.43. The van der Waals surface area contributed by atoms with Crippen molar-refractivity contribution in [2.75, 3.05) is 12.3 Å². The number of hydrogen-bond donors (Lipinski definition) is 2. The normalized spacial score (nSPS) is 22.1. The molecular weight excluding hydrogens is 292 g/mol. The van der Waals surface area contributed by atoms with Gasteiger partial charge < -0.3 is 11.1 Å². The van der Waals surface area contributed by atoms with Crippen LogP contribution in [-0.4, -0.2) is 27.9 Å². The molecule has 1 heterocycles. The third-order valence-corrected chi connectivity index (χ3v) is 4.41. The molecule has 1 atom stereocenters. The van der Waals surface area contributed by atoms with E-state index in [0.29, 0.717) is 27.8 Å². The molecule has 108 valence electrons. The van der Waals surface area contributed by atoms with Gasteiger partial charge in [0.1, 0.15) is 4.88 Å². The SMILES string of the molecule is Cc1nc(N)sc1C(=O)NCC1=CC2=CC2([N+](=O)[O-])C=C1. The van der Waals surface area contributed by atoms with Gasteiger partial charge in [-0.3, -0.25) is 14.9 Å². The van der Waals surface area contributed by atoms with Gasteiger partial charge in [0.05, 0.1) is 5.69 Å². The molecule has 1 amide bonds. The molecule has 2 aliphatic rings. The van der Waals surface area contributed by atoms with Crippen molar-refractivity contribution < 1.29 is 9.72 Å². The van der Waals surface area contributed by atoms with Crippen molar-refractivity contribution in [3.05, 3.63) is 56.1 Å². The molecule has 3 N–H and O–H groups in total. The summed E-state index contributed by atoms with van der Waals surface area (Å²) in [6, 6.07) is 0. The zero-order chi connectivity index (χ0) is 15.2. The standard InChI is InChI=1S/C13H12N4O3S/c1-7-10(21-12(14)16-7)11(18)15-6-8-2-3-13(17(19)20)5-9(13)4-8/h2-5H,6H2,1H3,(H2,14,16)(H,15,18). The zero-order valence-corrected chi connectivity index (χ0v) is 11.9. The summed E-state index contributed by atoms with van der Waals surface area (Å²) in [4.78, 5) is 27.1. The van der Waals surface area contributed by atoms with E-state index in [4.69, 9.17) is 5.73 Å². The summed E-state index contributed by atoms with van der Waals surface area (Å²) in [6.07, 6.45) is 6.53. The molecule has 1 aromatic heterocycles. The van der Waals surface area contributed by atoms with E-state index in [1.165, 1.54) is 0 Å². The van der Waals surface area contributed by atoms with Gasteiger partial charge in [-0.1, -0.05) is 17.4 Å². The molecule has 0 saturated heterocycles. The van der Waals surface area contributed by atoms with Crippen LogP contribution in [0.1, 0.15) is 15.4 Å². The third-order valence-electron chi connectivity index (χ3n) is 3.42. The minimum atomic E-state index is -1.10. The number of fused-ring (bicyclic) bond motifs is 1. The molecule has 1 unspecified atom stereocenters. The average molecular weight is 304 g/mol. The van der Waals surface area contributed by atoms with Gasteiger partial charge in [0.15, 0.2) is 5.13 Å². The molecule has 7 nitrogen and oxygen atoms in total. The average Bonchev–Trinajstić information content (AvgIpc) is 3.08. The van der Waals surface area contributed by atoms with Crippen molar-refractivity contribution in [1.82, 2.24) is 10.3 Å². The van der Waals surface area contributed by atoms with E-state index in [-0.39, 0.29) is 10.8 Å². The first-order chi connectivity index (χ1) is 9.92. The lowest BCUT2D eigenvalue weighted by atomic mass is 10.0. The van der Waals surface area contributed by atoms with Crippen LogP contribution in [0.5, 0.6) is 0 Å². The first-order valence-electron chi connectivity index (χ1n) is 6.21. The van der Waals surface area contributed by atoms with Crippen LogP contribution in [0.25, 0.3) is 0 Å². The van der Waals surface area contributed by atoms with Gasteiger partial charge >= 0.3 is 0 Å². The Labute approximate surface area is 124 Å². The van der Waals surface area contributed by atoms with E-state index in [2.05, 4.69) is 10.3 Å². The number of nitrogen functional groups attached to an aromatic ring is 1. The molecule has 0 bridgehead atoms. The van der Waals surface area contributed by atoms with Gasteiger partial charge in [-0.2, -0.15) is 0 Å². The van der Waals surface area contributed by atoms with Crippen LogP contribution >= 0.6 is 11.3 Å². The first-order valence-corrected chi connectivity index (χ1v) is 7.03. The molecule has 0 saturated carbocycles. The van der Waals surface area contributed by atoms with Gasteiger partial charge in [-0.25, -0.2) is 4.98 Å². The van der Waals surface area contributed by atoms with Gasteiger partial charge in [0.2, 0.25) is 0 Å². The molecule has 8 heteroatoms. The Bertz CT molecular complexity index is 747. The number of aromatic nitrogens is 1. The smallest absolute Gasteiger partial charge is 0.284 e. The summed E-state index contributed by atoms with van der Waals surface area (Å²) in [5, 5.41) is 14.0. The topological polar surface area (TPSA) is 111 Å². The second-order valence-electron chi connectivity index (χ2n) is 4.88. The van der Waals surface area contributed by atoms with Crippen LogP contribution < -0.4 is 11.1 Å². The summed E-state index contributed by atoms with van der Waals surface area (Å²) < 4.78 is 0. The van der Waals surface area contributed by atoms with Gasteiger partial charge in [0.25, 0.3) is 11.4 Å². The first kappa shape index (κ1) is 13.5. The Morgan fingerprint density at radius 1 is 1.62 bits per heavy atom. The number of aryl methyl sites for hydroxylation is 1. The Kier molecular flexibility index (Phi) is 2.91. The number of nitrogens with one attached hydrogen (secondary N) is 1. The number of nitrogens with two attached hydrogens (primary N) is 1. The van der Waals surface area contributed by atoms with Gasteiger partial charge in [-0.05, 0) is 18.6 Å². The van der Waals surface area contributed by atoms with Crippen molar-refractivity contribution in [1.29, 1.82) is 0 Å². The van der Waals surface area contributed by atoms with Crippen LogP contribution in [0.4, 0.5) is 5.13 Å². The van der Waals surface area contributed by atoms with E-state index < -0.39 is 5.54 Å². The number of anilines is 1. The Morgan fingerprint density at radius 3 is 2.95 bits per heavy atom. The Balaban J connectivity index is 1.63. The van der Waals surface area contributed by atoms with Crippen LogP contribution in [-0.2, 0) is 0 Å². The van der Waals surface area contributed by atoms with Crippen molar-refractivity contribution in [2.45, 2.75) is 12.5 Å². The van der Waals surface area contributed by atoms with E-state index >= 15 is 0 Å². The maximum absolute atomic E-state index is 12.0. The minimum Gasteiger partial charge on any atom is -0.375 e. The van der Waals surface area contributed by atoms with Crippen LogP contribution in [0.2, 0.25) is 0 Å². The molecule has 0 radical (unpaired) electrons. The molecule has 3 rings (SSSR count). The van der Waals surface area contributed by atoms with Crippen molar-refractivity contribution in [3.8, 4) is 0 Å². The van der Waals surface area contributed by atoms with Crippen molar-refractivity contribution in [2.24, 2.45) is 0 Å². The molecule has 0 aromatic carbocycles. The highest BCUT2D eigenvalue weighted by molar-refractivity contribution is 7.17. The molecule has 0 spiro atoms. The van der Waals surface area contributed by atoms with Gasteiger partial charge in [-0.15, -0.1) is 0 Å². The second-order valence-corrected chi connectivity index (χ2v) is 5.91. The highest BCUT2D eigenvalue weighted by Gasteiger charge is 2.54. The fraction of sp³-hybridized carbons (Fsp3) is 0.231. The molecule has 2 aliphatic carbocycles. The van der Waals surface area contributed by atoms with Crippen molar-refractivity contribution in [3.63, 3.8) is 0 Å². The van der Waals surface area contributed by atoms with Gasteiger partial charge in [0, 0.05) is 29.2 Å². The highest BCUT2D eigenvalue weighted by atomic mass is 32.1. The van der Waals surface area contributed by atoms with Crippen LogP contribution in [0.3, 0.4) is 0 Å². The fourth-order valence-electron chi connectivity index (χ4n) is 2.20. The monoisotopic (exact) mass is 304 g/mol. The zero-order valence-electron chi connectivity index (χ0n) is 11.1. The summed E-state index contributed by atoms with van der Waals surface area (Å²) in [5.74, 6) is -0.244. The number of carbonyl (C=O) groups is 1. The number of carbonyl (C=O) groups excluding carboxylic acids is 1. The summed E-state index contributed by atoms with van der Waals surface area (Å²) in [6.45, 7) is 2.03. The second kappa shape index (κ2) is 4.52. The molecular formula is C13H12N4O3S. The van der Waals surface area contributed by atoms with E-state index in [1.54, 1.807) is 31.2 Å². The number of nitrogens with zero attached hydrogens (tertiary/aromatic N) is 2. The van der Waals surface area contributed by atoms with Crippen LogP contribution in [0, 0.1) is 17.0 Å². The number of thiazole rings is 1. The minimum absolute atomic E-state index is 0.244. The van der Waals surface area contributed by atoms with E-state index in [9.17, 15) is 14.9 Å². The summed E-state index contributed by atoms with van der Waals surface area (Å²) in [5.41, 5.74) is 6.54. The maximum atomic E-state index is 12.0. The van der Waals surface area contributed by atoms with E-state index in [1.807, 2.05) is 0 Å². The quantitative estimate of drug-likeness (QED) is 0.641.